The summed E-state index contributed by atoms with van der Waals surface area (Å²) < 4.78 is 0. The molecule has 0 aliphatic heterocycles. The van der Waals surface area contributed by atoms with Crippen LogP contribution >= 0.6 is 22.7 Å². The van der Waals surface area contributed by atoms with Crippen LogP contribution in [0.1, 0.15) is 59.2 Å². The number of nitrogens with zero attached hydrogens (tertiary/aromatic N) is 4. The van der Waals surface area contributed by atoms with Gasteiger partial charge in [0.1, 0.15) is 33.4 Å². The van der Waals surface area contributed by atoms with Gasteiger partial charge in [-0.15, -0.1) is 22.7 Å². The van der Waals surface area contributed by atoms with E-state index in [4.69, 9.17) is 4.99 Å². The minimum atomic E-state index is -0.346. The third-order valence-electron chi connectivity index (χ3n) is 9.04. The first-order valence-corrected chi connectivity index (χ1v) is 15.9. The minimum absolute atomic E-state index is 0.0493. The van der Waals surface area contributed by atoms with Gasteiger partial charge < -0.3 is 0 Å². The van der Waals surface area contributed by atoms with E-state index in [1.165, 1.54) is 33.8 Å². The van der Waals surface area contributed by atoms with E-state index in [2.05, 4.69) is 11.1 Å². The van der Waals surface area contributed by atoms with E-state index in [0.717, 1.165) is 41.9 Å². The van der Waals surface area contributed by atoms with Crippen molar-refractivity contribution in [2.24, 2.45) is 9.98 Å². The summed E-state index contributed by atoms with van der Waals surface area (Å²) in [6.07, 6.45) is 5.20. The molecule has 0 N–H and O–H groups in total. The number of allylic oxidation sites excluding steroid dienone is 2. The molecule has 0 amide bonds. The molecule has 3 aliphatic carbocycles. The number of benzene rings is 2. The zero-order chi connectivity index (χ0) is 30.2. The van der Waals surface area contributed by atoms with Crippen LogP contribution < -0.4 is 16.2 Å². The molecule has 0 unspecified atom stereocenters. The highest BCUT2D eigenvalue weighted by Gasteiger charge is 2.47. The predicted octanol–water partition coefficient (Wildman–Crippen LogP) is 6.79. The molecule has 0 saturated heterocycles. The summed E-state index contributed by atoms with van der Waals surface area (Å²) in [5.74, 6) is -0.304. The highest BCUT2D eigenvalue weighted by Crippen LogP contribution is 2.62. The normalized spacial score (nSPS) is 17.0. The third kappa shape index (κ3) is 3.60. The van der Waals surface area contributed by atoms with Gasteiger partial charge in [-0.25, -0.2) is 9.98 Å². The van der Waals surface area contributed by atoms with Gasteiger partial charge in [-0.1, -0.05) is 67.8 Å². The molecule has 44 heavy (non-hydrogen) atoms. The Morgan fingerprint density at radius 1 is 0.727 bits per heavy atom. The number of aliphatic imine (C=N–C) groups is 1. The fraction of sp³-hybridized carbons (Fsp3) is 0.171. The largest absolute Gasteiger partial charge is 0.287 e. The number of hydrogen-bond acceptors (Lipinski definition) is 9. The zero-order valence-electron chi connectivity index (χ0n) is 23.1. The highest BCUT2D eigenvalue weighted by molar-refractivity contribution is 7.26. The Morgan fingerprint density at radius 2 is 1.27 bits per heavy atom. The van der Waals surface area contributed by atoms with Crippen LogP contribution in [0.3, 0.4) is 0 Å². The van der Waals surface area contributed by atoms with E-state index in [1.807, 2.05) is 18.2 Å². The first-order chi connectivity index (χ1) is 21.4. The number of carbonyl (C=O) groups excluding carboxylic acids is 1. The fourth-order valence-electron chi connectivity index (χ4n) is 7.08. The zero-order valence-corrected chi connectivity index (χ0v) is 24.8. The monoisotopic (exact) mass is 608 g/mol. The molecule has 2 heterocycles. The first kappa shape index (κ1) is 26.5. The van der Waals surface area contributed by atoms with Crippen molar-refractivity contribution in [2.75, 3.05) is 0 Å². The average Bonchev–Trinajstić information content (AvgIpc) is 3.83. The Bertz CT molecular complexity index is 2350. The average molecular weight is 609 g/mol. The number of rotatable bonds is 2. The lowest BCUT2D eigenvalue weighted by Crippen LogP contribution is -2.31. The maximum absolute atomic E-state index is 13.5. The molecule has 210 valence electrons. The SMILES string of the molecule is N#CC(C#N)=C1/C(=N/c2cc3c(s2)-c2sc(N=c4c(=O)c5ccccc5c4=O)cc2C32CCCCC2)C(=O)c2ccccc21. The Morgan fingerprint density at radius 3 is 1.86 bits per heavy atom. The van der Waals surface area contributed by atoms with E-state index < -0.39 is 0 Å². The lowest BCUT2D eigenvalue weighted by Gasteiger charge is -2.34. The van der Waals surface area contributed by atoms with Crippen molar-refractivity contribution < 1.29 is 4.79 Å². The van der Waals surface area contributed by atoms with E-state index in [0.29, 0.717) is 31.9 Å². The van der Waals surface area contributed by atoms with Crippen LogP contribution in [-0.2, 0) is 5.41 Å². The van der Waals surface area contributed by atoms with Crippen LogP contribution in [0, 0.1) is 22.7 Å². The third-order valence-corrected chi connectivity index (χ3v) is 11.3. The van der Waals surface area contributed by atoms with E-state index in [-0.39, 0.29) is 44.3 Å². The van der Waals surface area contributed by atoms with Crippen LogP contribution in [0.2, 0.25) is 0 Å². The van der Waals surface area contributed by atoms with Gasteiger partial charge in [0.05, 0.1) is 9.75 Å². The molecule has 3 aliphatic rings. The topological polar surface area (TPSA) is 124 Å². The fourth-order valence-corrected chi connectivity index (χ4v) is 9.51. The maximum Gasteiger partial charge on any atom is 0.216 e. The first-order valence-electron chi connectivity index (χ1n) is 14.3. The number of carbonyl (C=O) groups is 1. The highest BCUT2D eigenvalue weighted by atomic mass is 32.1. The minimum Gasteiger partial charge on any atom is -0.287 e. The van der Waals surface area contributed by atoms with Crippen molar-refractivity contribution in [3.05, 3.63) is 114 Å². The van der Waals surface area contributed by atoms with Crippen molar-refractivity contribution in [3.63, 3.8) is 0 Å². The second-order valence-electron chi connectivity index (χ2n) is 11.3. The second-order valence-corrected chi connectivity index (χ2v) is 13.3. The summed E-state index contributed by atoms with van der Waals surface area (Å²) in [7, 11) is 0. The van der Waals surface area contributed by atoms with Gasteiger partial charge in [-0.05, 0) is 41.7 Å². The van der Waals surface area contributed by atoms with Gasteiger partial charge in [0.15, 0.2) is 5.36 Å². The molecule has 3 aromatic carbocycles. The van der Waals surface area contributed by atoms with Gasteiger partial charge in [0, 0.05) is 27.3 Å². The Kier molecular flexibility index (Phi) is 5.86. The summed E-state index contributed by atoms with van der Waals surface area (Å²) in [4.78, 5) is 51.1. The smallest absolute Gasteiger partial charge is 0.216 e. The Hall–Kier alpha value is -5.09. The predicted molar refractivity (Wildman–Crippen MR) is 172 cm³/mol. The maximum atomic E-state index is 13.5. The number of fused-ring (bicyclic) bond motifs is 7. The summed E-state index contributed by atoms with van der Waals surface area (Å²) in [5, 5.41) is 21.4. The second kappa shape index (κ2) is 9.72. The number of hydrogen-bond donors (Lipinski definition) is 0. The molecule has 0 bridgehead atoms. The van der Waals surface area contributed by atoms with Crippen LogP contribution in [0.15, 0.2) is 85.8 Å². The van der Waals surface area contributed by atoms with Gasteiger partial charge in [-0.2, -0.15) is 10.5 Å². The molecule has 8 rings (SSSR count). The van der Waals surface area contributed by atoms with Crippen molar-refractivity contribution in [1.82, 2.24) is 0 Å². The Balaban J connectivity index is 1.30. The van der Waals surface area contributed by atoms with Crippen molar-refractivity contribution >= 4 is 60.5 Å². The van der Waals surface area contributed by atoms with Crippen LogP contribution in [-0.4, -0.2) is 11.5 Å². The number of nitriles is 2. The molecule has 1 fully saturated rings. The van der Waals surface area contributed by atoms with Crippen LogP contribution in [0.4, 0.5) is 10.0 Å². The van der Waals surface area contributed by atoms with Gasteiger partial charge in [0.2, 0.25) is 16.6 Å². The summed E-state index contributed by atoms with van der Waals surface area (Å²) >= 11 is 2.94. The molecule has 2 aromatic heterocycles. The van der Waals surface area contributed by atoms with Gasteiger partial charge in [0.25, 0.3) is 0 Å². The quantitative estimate of drug-likeness (QED) is 0.204. The molecule has 1 saturated carbocycles. The van der Waals surface area contributed by atoms with Gasteiger partial charge in [-0.3, -0.25) is 14.4 Å². The van der Waals surface area contributed by atoms with E-state index in [9.17, 15) is 24.9 Å². The number of ketones is 1. The molecule has 1 spiro atoms. The number of Topliss-reactive ketones (excluding diaryl/α,β-unsaturated/α-hetero) is 1. The molecule has 0 atom stereocenters. The lowest BCUT2D eigenvalue weighted by atomic mass is 9.68. The lowest BCUT2D eigenvalue weighted by molar-refractivity contribution is 0.107. The van der Waals surface area contributed by atoms with Crippen molar-refractivity contribution in [2.45, 2.75) is 37.5 Å². The molecule has 7 nitrogen and oxygen atoms in total. The van der Waals surface area contributed by atoms with Gasteiger partial charge >= 0.3 is 0 Å². The van der Waals surface area contributed by atoms with Crippen molar-refractivity contribution in [3.8, 4) is 21.9 Å². The standard InChI is InChI=1S/C35H20N4O3S2/c36-16-18(17-37)27-19-8-2-3-9-20(19)30(40)28(27)38-25-14-23-33(43-25)34-24(35(23)12-6-1-7-13-35)15-26(44-34)39-29-31(41)21-10-4-5-11-22(21)32(29)42/h2-5,8-11,14-15H,1,6-7,12-13H2/b38-28-. The van der Waals surface area contributed by atoms with Crippen LogP contribution in [0.5, 0.6) is 0 Å². The van der Waals surface area contributed by atoms with Crippen molar-refractivity contribution in [1.29, 1.82) is 10.5 Å². The molecule has 9 heteroatoms. The number of thiophene rings is 2. The Labute approximate surface area is 258 Å². The van der Waals surface area contributed by atoms with Crippen LogP contribution in [0.25, 0.3) is 26.1 Å². The molecular weight excluding hydrogens is 589 g/mol. The molecule has 5 aromatic rings. The molecular formula is C35H20N4O3S2. The summed E-state index contributed by atoms with van der Waals surface area (Å²) in [6.45, 7) is 0. The molecule has 0 radical (unpaired) electrons. The summed E-state index contributed by atoms with van der Waals surface area (Å²) in [6, 6.07) is 21.8. The van der Waals surface area contributed by atoms with E-state index in [1.54, 1.807) is 48.5 Å². The summed E-state index contributed by atoms with van der Waals surface area (Å²) in [5.41, 5.74) is 2.65. The van der Waals surface area contributed by atoms with E-state index >= 15 is 0 Å².